The number of amides is 1. The quantitative estimate of drug-likeness (QED) is 0.492. The summed E-state index contributed by atoms with van der Waals surface area (Å²) in [7, 11) is 0. The van der Waals surface area contributed by atoms with E-state index in [0.717, 1.165) is 18.6 Å². The Bertz CT molecular complexity index is 553. The molecule has 7 heteroatoms. The van der Waals surface area contributed by atoms with Crippen LogP contribution in [-0.2, 0) is 4.79 Å². The molecule has 0 saturated heterocycles. The van der Waals surface area contributed by atoms with E-state index < -0.39 is 0 Å². The number of carbonyl (C=O) groups excluding carboxylic acids is 1. The number of imidazole rings is 1. The molecule has 0 aromatic carbocycles. The zero-order chi connectivity index (χ0) is 13.0. The van der Waals surface area contributed by atoms with Gasteiger partial charge >= 0.3 is 0 Å². The molecule has 0 spiro atoms. The van der Waals surface area contributed by atoms with Gasteiger partial charge in [-0.2, -0.15) is 0 Å². The number of anilines is 1. The van der Waals surface area contributed by atoms with E-state index in [9.17, 15) is 4.79 Å². The Labute approximate surface area is 109 Å². The third kappa shape index (κ3) is 2.98. The fourth-order valence-corrected chi connectivity index (χ4v) is 2.37. The molecule has 0 aliphatic heterocycles. The lowest BCUT2D eigenvalue weighted by Gasteiger charge is -2.05. The predicted molar refractivity (Wildman–Crippen MR) is 71.6 cm³/mol. The second-order valence-corrected chi connectivity index (χ2v) is 4.90. The lowest BCUT2D eigenvalue weighted by Crippen LogP contribution is -2.09. The first-order valence-corrected chi connectivity index (χ1v) is 6.80. The number of aromatic amines is 1. The third-order valence-corrected chi connectivity index (χ3v) is 3.22. The first kappa shape index (κ1) is 12.8. The topological polar surface area (TPSA) is 83.6 Å². The predicted octanol–water partition coefficient (Wildman–Crippen LogP) is 2.20. The minimum atomic E-state index is -0.158. The smallest absolute Gasteiger partial charge is 0.222 e. The van der Waals surface area contributed by atoms with Gasteiger partial charge in [-0.15, -0.1) is 0 Å². The maximum Gasteiger partial charge on any atom is 0.222 e. The summed E-state index contributed by atoms with van der Waals surface area (Å²) in [5.74, 6) is 1.30. The molecule has 2 aromatic rings. The lowest BCUT2D eigenvalue weighted by atomic mass is 10.4. The number of thioether (sulfide) groups is 1. The van der Waals surface area contributed by atoms with Crippen molar-refractivity contribution in [1.29, 1.82) is 0 Å². The number of unbranched alkanes of at least 4 members (excludes halogenated alkanes) is 1. The fourth-order valence-electron chi connectivity index (χ4n) is 1.44. The molecular weight excluding hydrogens is 250 g/mol. The molecule has 0 unspecified atom stereocenters. The molecule has 2 N–H and O–H groups in total. The van der Waals surface area contributed by atoms with Crippen LogP contribution in [0.15, 0.2) is 11.5 Å². The molecule has 2 aromatic heterocycles. The molecule has 0 aliphatic rings. The monoisotopic (exact) mass is 265 g/mol. The molecule has 2 rings (SSSR count). The number of fused-ring (bicyclic) bond motifs is 1. The Morgan fingerprint density at radius 3 is 3.06 bits per heavy atom. The summed E-state index contributed by atoms with van der Waals surface area (Å²) < 4.78 is 0. The Morgan fingerprint density at radius 2 is 2.33 bits per heavy atom. The number of H-pyrrole nitrogens is 1. The van der Waals surface area contributed by atoms with Crippen LogP contribution < -0.4 is 5.32 Å². The molecule has 18 heavy (non-hydrogen) atoms. The summed E-state index contributed by atoms with van der Waals surface area (Å²) in [6.07, 6.45) is 3.80. The molecule has 1 amide bonds. The number of nitrogens with one attached hydrogen (secondary N) is 2. The van der Waals surface area contributed by atoms with Crippen LogP contribution in [0, 0.1) is 0 Å². The Hall–Kier alpha value is -1.63. The van der Waals surface area contributed by atoms with Gasteiger partial charge in [0.05, 0.1) is 6.33 Å². The molecule has 0 aliphatic carbocycles. The highest BCUT2D eigenvalue weighted by Crippen LogP contribution is 2.22. The minimum absolute atomic E-state index is 0.158. The first-order valence-electron chi connectivity index (χ1n) is 5.82. The van der Waals surface area contributed by atoms with E-state index in [0.29, 0.717) is 22.1 Å². The van der Waals surface area contributed by atoms with Crippen molar-refractivity contribution < 1.29 is 4.79 Å². The van der Waals surface area contributed by atoms with Crippen LogP contribution in [-0.4, -0.2) is 31.6 Å². The Balaban J connectivity index is 2.28. The number of carbonyl (C=O) groups is 1. The lowest BCUT2D eigenvalue weighted by molar-refractivity contribution is -0.114. The van der Waals surface area contributed by atoms with Crippen molar-refractivity contribution in [2.75, 3.05) is 11.1 Å². The number of nitrogens with zero attached hydrogens (tertiary/aromatic N) is 3. The van der Waals surface area contributed by atoms with Crippen molar-refractivity contribution in [2.24, 2.45) is 0 Å². The molecule has 0 saturated carbocycles. The summed E-state index contributed by atoms with van der Waals surface area (Å²) in [4.78, 5) is 26.8. The second kappa shape index (κ2) is 5.81. The van der Waals surface area contributed by atoms with Gasteiger partial charge in [-0.3, -0.25) is 4.79 Å². The van der Waals surface area contributed by atoms with E-state index in [1.807, 2.05) is 0 Å². The van der Waals surface area contributed by atoms with E-state index in [-0.39, 0.29) is 5.91 Å². The van der Waals surface area contributed by atoms with Crippen molar-refractivity contribution >= 4 is 34.7 Å². The van der Waals surface area contributed by atoms with Crippen LogP contribution in [0.1, 0.15) is 26.7 Å². The maximum absolute atomic E-state index is 11.1. The van der Waals surface area contributed by atoms with Gasteiger partial charge in [0.15, 0.2) is 16.6 Å². The van der Waals surface area contributed by atoms with Crippen molar-refractivity contribution in [3.05, 3.63) is 6.33 Å². The van der Waals surface area contributed by atoms with Crippen molar-refractivity contribution in [3.63, 3.8) is 0 Å². The van der Waals surface area contributed by atoms with Crippen LogP contribution in [0.2, 0.25) is 0 Å². The molecule has 0 bridgehead atoms. The van der Waals surface area contributed by atoms with E-state index in [4.69, 9.17) is 0 Å². The van der Waals surface area contributed by atoms with E-state index in [1.54, 1.807) is 18.1 Å². The third-order valence-electron chi connectivity index (χ3n) is 2.29. The molecule has 2 heterocycles. The van der Waals surface area contributed by atoms with Crippen LogP contribution in [0.5, 0.6) is 0 Å². The van der Waals surface area contributed by atoms with Gasteiger partial charge in [0.1, 0.15) is 5.52 Å². The van der Waals surface area contributed by atoms with E-state index >= 15 is 0 Å². The number of aromatic nitrogens is 4. The standard InChI is InChI=1S/C11H15N5OS/c1-3-4-5-18-11-15-9-8(12-6-13-9)10(16-11)14-7(2)17/h6H,3-5H2,1-2H3,(H2,12,13,14,15,16,17). The first-order chi connectivity index (χ1) is 8.70. The summed E-state index contributed by atoms with van der Waals surface area (Å²) in [5.41, 5.74) is 1.23. The molecule has 0 fully saturated rings. The molecule has 0 radical (unpaired) electrons. The second-order valence-electron chi connectivity index (χ2n) is 3.84. The van der Waals surface area contributed by atoms with Crippen molar-refractivity contribution in [1.82, 2.24) is 19.9 Å². The minimum Gasteiger partial charge on any atom is -0.340 e. The molecule has 96 valence electrons. The summed E-state index contributed by atoms with van der Waals surface area (Å²) in [6, 6.07) is 0. The van der Waals surface area contributed by atoms with E-state index in [1.165, 1.54) is 6.92 Å². The summed E-state index contributed by atoms with van der Waals surface area (Å²) in [5, 5.41) is 3.34. The summed E-state index contributed by atoms with van der Waals surface area (Å²) >= 11 is 1.58. The average Bonchev–Trinajstić information content (AvgIpc) is 2.77. The van der Waals surface area contributed by atoms with Gasteiger partial charge in [-0.1, -0.05) is 25.1 Å². The molecule has 6 nitrogen and oxygen atoms in total. The van der Waals surface area contributed by atoms with Gasteiger partial charge in [0.2, 0.25) is 5.91 Å². The molecule has 0 atom stereocenters. The van der Waals surface area contributed by atoms with Gasteiger partial charge in [-0.25, -0.2) is 15.0 Å². The number of hydrogen-bond acceptors (Lipinski definition) is 5. The van der Waals surface area contributed by atoms with Gasteiger partial charge in [0.25, 0.3) is 0 Å². The van der Waals surface area contributed by atoms with E-state index in [2.05, 4.69) is 32.2 Å². The van der Waals surface area contributed by atoms with Gasteiger partial charge < -0.3 is 10.3 Å². The van der Waals surface area contributed by atoms with Crippen molar-refractivity contribution in [3.8, 4) is 0 Å². The highest BCUT2D eigenvalue weighted by molar-refractivity contribution is 7.99. The Kier molecular flexibility index (Phi) is 4.14. The van der Waals surface area contributed by atoms with Crippen molar-refractivity contribution in [2.45, 2.75) is 31.8 Å². The molecular formula is C11H15N5OS. The zero-order valence-corrected chi connectivity index (χ0v) is 11.2. The number of hydrogen-bond donors (Lipinski definition) is 2. The Morgan fingerprint density at radius 1 is 1.50 bits per heavy atom. The normalized spacial score (nSPS) is 10.8. The SMILES string of the molecule is CCCCSc1nc(NC(C)=O)c2[nH]cnc2n1. The summed E-state index contributed by atoms with van der Waals surface area (Å²) in [6.45, 7) is 3.59. The van der Waals surface area contributed by atoms with Crippen LogP contribution in [0.3, 0.4) is 0 Å². The average molecular weight is 265 g/mol. The fraction of sp³-hybridized carbons (Fsp3) is 0.455. The highest BCUT2D eigenvalue weighted by atomic mass is 32.2. The zero-order valence-electron chi connectivity index (χ0n) is 10.4. The maximum atomic E-state index is 11.1. The largest absolute Gasteiger partial charge is 0.340 e. The highest BCUT2D eigenvalue weighted by Gasteiger charge is 2.11. The van der Waals surface area contributed by atoms with Crippen LogP contribution in [0.25, 0.3) is 11.2 Å². The van der Waals surface area contributed by atoms with Crippen LogP contribution >= 0.6 is 11.8 Å². The van der Waals surface area contributed by atoms with Gasteiger partial charge in [0, 0.05) is 12.7 Å². The number of rotatable bonds is 5. The van der Waals surface area contributed by atoms with Crippen LogP contribution in [0.4, 0.5) is 5.82 Å². The van der Waals surface area contributed by atoms with Gasteiger partial charge in [-0.05, 0) is 6.42 Å².